The number of imidazole rings is 1. The molecule has 0 fully saturated rings. The number of carbonyl (C=O) groups excluding carboxylic acids is 1. The summed E-state index contributed by atoms with van der Waals surface area (Å²) in [5.41, 5.74) is 0.919. The zero-order valence-electron chi connectivity index (χ0n) is 13.6. The molecule has 23 heavy (non-hydrogen) atoms. The molecular formula is C16H22N4O3. The Morgan fingerprint density at radius 1 is 1.30 bits per heavy atom. The summed E-state index contributed by atoms with van der Waals surface area (Å²) in [6.07, 6.45) is 3.55. The van der Waals surface area contributed by atoms with Gasteiger partial charge in [-0.25, -0.2) is 9.78 Å². The fourth-order valence-corrected chi connectivity index (χ4v) is 2.20. The van der Waals surface area contributed by atoms with Gasteiger partial charge in [0, 0.05) is 33.1 Å². The fraction of sp³-hybridized carbons (Fsp3) is 0.375. The maximum Gasteiger partial charge on any atom is 0.315 e. The van der Waals surface area contributed by atoms with Crippen molar-refractivity contribution in [2.24, 2.45) is 7.05 Å². The summed E-state index contributed by atoms with van der Waals surface area (Å²) in [5.74, 6) is 1.51. The number of ether oxygens (including phenoxy) is 2. The molecule has 1 unspecified atom stereocenters. The Bertz CT molecular complexity index is 625. The Hall–Kier alpha value is -2.54. The van der Waals surface area contributed by atoms with Crippen LogP contribution in [-0.2, 0) is 11.8 Å². The highest BCUT2D eigenvalue weighted by atomic mass is 16.5. The first kappa shape index (κ1) is 16.8. The number of methoxy groups -OCH3 is 2. The second kappa shape index (κ2) is 8.19. The molecule has 7 heteroatoms. The first-order valence-corrected chi connectivity index (χ1v) is 7.30. The number of rotatable bonds is 7. The molecule has 1 aromatic heterocycles. The lowest BCUT2D eigenvalue weighted by Gasteiger charge is -2.19. The fourth-order valence-electron chi connectivity index (χ4n) is 2.20. The van der Waals surface area contributed by atoms with Crippen LogP contribution in [0, 0.1) is 0 Å². The van der Waals surface area contributed by atoms with E-state index < -0.39 is 0 Å². The van der Waals surface area contributed by atoms with Gasteiger partial charge < -0.3 is 24.7 Å². The largest absolute Gasteiger partial charge is 0.497 e. The Labute approximate surface area is 135 Å². The summed E-state index contributed by atoms with van der Waals surface area (Å²) in [6.45, 7) is 0.904. The van der Waals surface area contributed by atoms with Crippen molar-refractivity contribution in [3.8, 4) is 5.75 Å². The zero-order chi connectivity index (χ0) is 16.7. The van der Waals surface area contributed by atoms with Gasteiger partial charge in [-0.3, -0.25) is 0 Å². The van der Waals surface area contributed by atoms with E-state index in [2.05, 4.69) is 15.6 Å². The van der Waals surface area contributed by atoms with Crippen LogP contribution >= 0.6 is 0 Å². The highest BCUT2D eigenvalue weighted by Gasteiger charge is 2.20. The van der Waals surface area contributed by atoms with E-state index in [0.717, 1.165) is 17.1 Å². The topological polar surface area (TPSA) is 77.4 Å². The summed E-state index contributed by atoms with van der Waals surface area (Å²) in [5, 5.41) is 5.69. The first-order chi connectivity index (χ1) is 11.2. The normalized spacial score (nSPS) is 11.8. The molecule has 0 aliphatic carbocycles. The van der Waals surface area contributed by atoms with E-state index in [4.69, 9.17) is 9.47 Å². The predicted octanol–water partition coefficient (Wildman–Crippen LogP) is 1.46. The third kappa shape index (κ3) is 4.46. The second-order valence-electron chi connectivity index (χ2n) is 5.00. The van der Waals surface area contributed by atoms with E-state index in [-0.39, 0.29) is 12.1 Å². The molecule has 2 aromatic rings. The summed E-state index contributed by atoms with van der Waals surface area (Å²) in [6, 6.07) is 6.90. The van der Waals surface area contributed by atoms with Crippen LogP contribution in [0.5, 0.6) is 5.75 Å². The van der Waals surface area contributed by atoms with Gasteiger partial charge in [-0.2, -0.15) is 0 Å². The minimum atomic E-state index is -0.358. The van der Waals surface area contributed by atoms with Crippen molar-refractivity contribution in [3.63, 3.8) is 0 Å². The van der Waals surface area contributed by atoms with E-state index >= 15 is 0 Å². The Morgan fingerprint density at radius 2 is 2.04 bits per heavy atom. The van der Waals surface area contributed by atoms with Crippen LogP contribution in [0.15, 0.2) is 36.7 Å². The molecule has 2 rings (SSSR count). The molecule has 0 saturated carbocycles. The Balaban J connectivity index is 2.18. The lowest BCUT2D eigenvalue weighted by molar-refractivity contribution is 0.195. The molecule has 1 heterocycles. The van der Waals surface area contributed by atoms with Crippen LogP contribution in [0.3, 0.4) is 0 Å². The van der Waals surface area contributed by atoms with E-state index in [9.17, 15) is 4.79 Å². The van der Waals surface area contributed by atoms with Crippen molar-refractivity contribution < 1.29 is 14.3 Å². The Kier molecular flexibility index (Phi) is 5.99. The first-order valence-electron chi connectivity index (χ1n) is 7.30. The van der Waals surface area contributed by atoms with Crippen molar-refractivity contribution in [1.82, 2.24) is 20.2 Å². The minimum absolute atomic E-state index is 0.272. The van der Waals surface area contributed by atoms with Gasteiger partial charge in [0.2, 0.25) is 0 Å². The lowest BCUT2D eigenvalue weighted by Crippen LogP contribution is -2.40. The summed E-state index contributed by atoms with van der Waals surface area (Å²) in [7, 11) is 5.10. The van der Waals surface area contributed by atoms with Crippen molar-refractivity contribution in [2.75, 3.05) is 27.4 Å². The number of hydrogen-bond donors (Lipinski definition) is 2. The second-order valence-corrected chi connectivity index (χ2v) is 5.00. The smallest absolute Gasteiger partial charge is 0.315 e. The average molecular weight is 318 g/mol. The van der Waals surface area contributed by atoms with Crippen molar-refractivity contribution >= 4 is 6.03 Å². The number of amides is 2. The Morgan fingerprint density at radius 3 is 2.61 bits per heavy atom. The van der Waals surface area contributed by atoms with Crippen LogP contribution in [0.25, 0.3) is 0 Å². The molecule has 7 nitrogen and oxygen atoms in total. The van der Waals surface area contributed by atoms with Crippen molar-refractivity contribution in [3.05, 3.63) is 48.0 Å². The molecule has 0 bridgehead atoms. The molecule has 1 aromatic carbocycles. The molecule has 2 N–H and O–H groups in total. The van der Waals surface area contributed by atoms with Crippen LogP contribution in [0.2, 0.25) is 0 Å². The number of hydrogen-bond acceptors (Lipinski definition) is 4. The van der Waals surface area contributed by atoms with Gasteiger partial charge in [0.25, 0.3) is 0 Å². The quantitative estimate of drug-likeness (QED) is 0.758. The van der Waals surface area contributed by atoms with Crippen molar-refractivity contribution in [1.29, 1.82) is 0 Å². The maximum absolute atomic E-state index is 12.1. The van der Waals surface area contributed by atoms with Gasteiger partial charge in [-0.05, 0) is 17.7 Å². The molecule has 1 atom stereocenters. The van der Waals surface area contributed by atoms with Gasteiger partial charge in [-0.1, -0.05) is 12.1 Å². The monoisotopic (exact) mass is 318 g/mol. The molecular weight excluding hydrogens is 296 g/mol. The van der Waals surface area contributed by atoms with Crippen LogP contribution in [0.1, 0.15) is 17.4 Å². The number of nitrogens with one attached hydrogen (secondary N) is 2. The third-order valence-corrected chi connectivity index (χ3v) is 3.43. The number of carbonyl (C=O) groups is 1. The third-order valence-electron chi connectivity index (χ3n) is 3.43. The number of nitrogens with zero attached hydrogens (tertiary/aromatic N) is 2. The molecule has 0 spiro atoms. The highest BCUT2D eigenvalue weighted by Crippen LogP contribution is 2.22. The maximum atomic E-state index is 12.1. The highest BCUT2D eigenvalue weighted by molar-refractivity contribution is 5.74. The average Bonchev–Trinajstić information content (AvgIpc) is 2.99. The van der Waals surface area contributed by atoms with Gasteiger partial charge in [0.05, 0.1) is 13.7 Å². The van der Waals surface area contributed by atoms with Gasteiger partial charge in [-0.15, -0.1) is 0 Å². The van der Waals surface area contributed by atoms with E-state index in [0.29, 0.717) is 13.2 Å². The summed E-state index contributed by atoms with van der Waals surface area (Å²) >= 11 is 0. The van der Waals surface area contributed by atoms with E-state index in [1.54, 1.807) is 20.4 Å². The van der Waals surface area contributed by atoms with Crippen LogP contribution in [-0.4, -0.2) is 43.0 Å². The number of aromatic nitrogens is 2. The predicted molar refractivity (Wildman–Crippen MR) is 86.5 cm³/mol. The molecule has 0 aliphatic rings. The number of benzene rings is 1. The van der Waals surface area contributed by atoms with E-state index in [1.165, 1.54) is 0 Å². The molecule has 2 amide bonds. The lowest BCUT2D eigenvalue weighted by atomic mass is 10.1. The zero-order valence-corrected chi connectivity index (χ0v) is 13.6. The van der Waals surface area contributed by atoms with Gasteiger partial charge >= 0.3 is 6.03 Å². The standard InChI is InChI=1S/C16H22N4O3/c1-20-10-8-17-15(20)14(19-16(21)18-9-11-22-2)12-4-6-13(23-3)7-5-12/h4-8,10,14H,9,11H2,1-3H3,(H2,18,19,21). The number of aryl methyl sites for hydroxylation is 1. The van der Waals surface area contributed by atoms with Crippen LogP contribution < -0.4 is 15.4 Å². The number of urea groups is 1. The molecule has 0 saturated heterocycles. The molecule has 0 radical (unpaired) electrons. The SMILES string of the molecule is COCCNC(=O)NC(c1ccc(OC)cc1)c1nccn1C. The van der Waals surface area contributed by atoms with Crippen molar-refractivity contribution in [2.45, 2.75) is 6.04 Å². The van der Waals surface area contributed by atoms with Crippen LogP contribution in [0.4, 0.5) is 4.79 Å². The molecule has 124 valence electrons. The van der Waals surface area contributed by atoms with E-state index in [1.807, 2.05) is 42.1 Å². The van der Waals surface area contributed by atoms with Gasteiger partial charge in [0.1, 0.15) is 17.6 Å². The minimum Gasteiger partial charge on any atom is -0.497 e. The summed E-state index contributed by atoms with van der Waals surface area (Å²) < 4.78 is 12.0. The summed E-state index contributed by atoms with van der Waals surface area (Å²) in [4.78, 5) is 16.4. The molecule has 0 aliphatic heterocycles. The van der Waals surface area contributed by atoms with Gasteiger partial charge in [0.15, 0.2) is 0 Å².